The number of hydrogen-bond donors (Lipinski definition) is 0. The van der Waals surface area contributed by atoms with E-state index in [1.165, 1.54) is 0 Å². The molecule has 0 atom stereocenters. The fourth-order valence-electron chi connectivity index (χ4n) is 2.39. The van der Waals surface area contributed by atoms with Crippen LogP contribution in [0.3, 0.4) is 0 Å². The molecule has 0 radical (unpaired) electrons. The number of halogens is 5. The van der Waals surface area contributed by atoms with Gasteiger partial charge in [-0.05, 0) is 41.9 Å². The Bertz CT molecular complexity index is 886. The van der Waals surface area contributed by atoms with Crippen LogP contribution in [0.5, 0.6) is 0 Å². The summed E-state index contributed by atoms with van der Waals surface area (Å²) >= 11 is 9.26. The molecule has 0 aliphatic heterocycles. The maximum atomic E-state index is 13.0. The molecule has 8 heteroatoms. The lowest BCUT2D eigenvalue weighted by Crippen LogP contribution is -2.06. The van der Waals surface area contributed by atoms with Gasteiger partial charge in [0.25, 0.3) is 0 Å². The van der Waals surface area contributed by atoms with Crippen LogP contribution in [0.15, 0.2) is 16.9 Å². The highest BCUT2D eigenvalue weighted by Crippen LogP contribution is 2.36. The number of rotatable bonds is 0. The zero-order valence-corrected chi connectivity index (χ0v) is 13.2. The zero-order chi connectivity index (χ0) is 15.5. The highest BCUT2D eigenvalue weighted by Gasteiger charge is 2.32. The van der Waals surface area contributed by atoms with Gasteiger partial charge in [0.1, 0.15) is 5.52 Å². The van der Waals surface area contributed by atoms with Crippen LogP contribution in [0.2, 0.25) is 5.02 Å². The maximum Gasteiger partial charge on any atom is 0.416 e. The van der Waals surface area contributed by atoms with Crippen LogP contribution in [0.1, 0.15) is 17.0 Å². The average molecular weight is 379 g/mol. The van der Waals surface area contributed by atoms with E-state index in [-0.39, 0.29) is 10.5 Å². The molecule has 1 aromatic carbocycles. The van der Waals surface area contributed by atoms with Crippen LogP contribution in [-0.2, 0) is 6.18 Å². The summed E-state index contributed by atoms with van der Waals surface area (Å²) in [6.45, 7) is 3.54. The zero-order valence-electron chi connectivity index (χ0n) is 10.9. The highest BCUT2D eigenvalue weighted by atomic mass is 79.9. The summed E-state index contributed by atoms with van der Waals surface area (Å²) in [5, 5.41) is -0.0388. The van der Waals surface area contributed by atoms with Gasteiger partial charge in [0, 0.05) is 0 Å². The summed E-state index contributed by atoms with van der Waals surface area (Å²) in [6, 6.07) is 1.92. The number of benzene rings is 1. The van der Waals surface area contributed by atoms with E-state index in [4.69, 9.17) is 11.6 Å². The summed E-state index contributed by atoms with van der Waals surface area (Å²) in [4.78, 5) is 8.56. The van der Waals surface area contributed by atoms with Crippen LogP contribution < -0.4 is 0 Å². The van der Waals surface area contributed by atoms with Crippen molar-refractivity contribution in [3.8, 4) is 0 Å². The fraction of sp³-hybridized carbons (Fsp3) is 0.231. The smallest absolute Gasteiger partial charge is 0.283 e. The predicted molar refractivity (Wildman–Crippen MR) is 77.7 cm³/mol. The Balaban J connectivity index is 2.56. The van der Waals surface area contributed by atoms with Gasteiger partial charge in [-0.25, -0.2) is 9.97 Å². The largest absolute Gasteiger partial charge is 0.416 e. The van der Waals surface area contributed by atoms with Crippen LogP contribution in [0.4, 0.5) is 13.2 Å². The summed E-state index contributed by atoms with van der Waals surface area (Å²) in [7, 11) is 0. The normalized spacial score (nSPS) is 12.5. The third-order valence-electron chi connectivity index (χ3n) is 3.24. The molecule has 0 aliphatic carbocycles. The summed E-state index contributed by atoms with van der Waals surface area (Å²) < 4.78 is 40.9. The number of fused-ring (bicyclic) bond motifs is 3. The number of imidazole rings is 1. The lowest BCUT2D eigenvalue weighted by Gasteiger charge is -2.12. The molecule has 3 aromatic rings. The second kappa shape index (κ2) is 4.58. The van der Waals surface area contributed by atoms with Gasteiger partial charge in [0.05, 0.1) is 33.0 Å². The standard InChI is InChI=1S/C13H8BrClF3N3/c1-5-11-6(2)20-12(14)21(11)9-4-7(13(16,17)18)3-8(15)10(9)19-5/h3-4H,1-2H3. The Labute approximate surface area is 130 Å². The molecule has 2 aromatic heterocycles. The van der Waals surface area contributed by atoms with Crippen molar-refractivity contribution in [1.29, 1.82) is 0 Å². The molecule has 0 saturated heterocycles. The molecule has 0 bridgehead atoms. The lowest BCUT2D eigenvalue weighted by atomic mass is 10.1. The Morgan fingerprint density at radius 1 is 1.14 bits per heavy atom. The summed E-state index contributed by atoms with van der Waals surface area (Å²) in [5.74, 6) is 0. The Kier molecular flexibility index (Phi) is 3.18. The SMILES string of the molecule is Cc1nc(Br)n2c1c(C)nc1c(Cl)cc(C(F)(F)F)cc12. The number of aromatic nitrogens is 3. The van der Waals surface area contributed by atoms with Gasteiger partial charge < -0.3 is 0 Å². The highest BCUT2D eigenvalue weighted by molar-refractivity contribution is 9.10. The van der Waals surface area contributed by atoms with Crippen LogP contribution >= 0.6 is 27.5 Å². The number of alkyl halides is 3. The maximum absolute atomic E-state index is 13.0. The minimum atomic E-state index is -4.48. The van der Waals surface area contributed by atoms with Crippen molar-refractivity contribution in [2.45, 2.75) is 20.0 Å². The van der Waals surface area contributed by atoms with E-state index in [1.54, 1.807) is 18.2 Å². The molecule has 0 saturated carbocycles. The number of hydrogen-bond acceptors (Lipinski definition) is 2. The number of nitrogens with zero attached hydrogens (tertiary/aromatic N) is 3. The minimum Gasteiger partial charge on any atom is -0.283 e. The molecular weight excluding hydrogens is 371 g/mol. The van der Waals surface area contributed by atoms with Crippen LogP contribution in [0.25, 0.3) is 16.6 Å². The Hall–Kier alpha value is -1.34. The predicted octanol–water partition coefficient (Wildman–Crippen LogP) is 4.93. The van der Waals surface area contributed by atoms with E-state index in [0.717, 1.165) is 12.1 Å². The van der Waals surface area contributed by atoms with Crippen molar-refractivity contribution in [2.75, 3.05) is 0 Å². The van der Waals surface area contributed by atoms with E-state index < -0.39 is 11.7 Å². The monoisotopic (exact) mass is 377 g/mol. The quantitative estimate of drug-likeness (QED) is 0.555. The molecule has 0 amide bonds. The topological polar surface area (TPSA) is 30.2 Å². The molecule has 0 N–H and O–H groups in total. The van der Waals surface area contributed by atoms with E-state index in [0.29, 0.717) is 27.2 Å². The summed E-state index contributed by atoms with van der Waals surface area (Å²) in [6.07, 6.45) is -4.48. The van der Waals surface area contributed by atoms with Gasteiger partial charge in [0.15, 0.2) is 4.73 Å². The first-order chi connectivity index (χ1) is 9.70. The molecule has 0 fully saturated rings. The van der Waals surface area contributed by atoms with E-state index in [2.05, 4.69) is 25.9 Å². The first-order valence-corrected chi connectivity index (χ1v) is 7.09. The third kappa shape index (κ3) is 2.19. The first kappa shape index (κ1) is 14.6. The van der Waals surface area contributed by atoms with Gasteiger partial charge in [-0.15, -0.1) is 0 Å². The second-order valence-electron chi connectivity index (χ2n) is 4.67. The Morgan fingerprint density at radius 2 is 1.76 bits per heavy atom. The van der Waals surface area contributed by atoms with Crippen molar-refractivity contribution < 1.29 is 13.2 Å². The van der Waals surface area contributed by atoms with E-state index >= 15 is 0 Å². The molecule has 0 aliphatic rings. The summed E-state index contributed by atoms with van der Waals surface area (Å²) in [5.41, 5.74) is 1.77. The molecule has 0 unspecified atom stereocenters. The van der Waals surface area contributed by atoms with Gasteiger partial charge in [-0.1, -0.05) is 11.6 Å². The fourth-order valence-corrected chi connectivity index (χ4v) is 3.28. The van der Waals surface area contributed by atoms with Gasteiger partial charge in [-0.2, -0.15) is 13.2 Å². The van der Waals surface area contributed by atoms with Gasteiger partial charge in [0.2, 0.25) is 0 Å². The van der Waals surface area contributed by atoms with Crippen molar-refractivity contribution in [2.24, 2.45) is 0 Å². The van der Waals surface area contributed by atoms with Gasteiger partial charge >= 0.3 is 6.18 Å². The molecule has 21 heavy (non-hydrogen) atoms. The molecule has 2 heterocycles. The first-order valence-electron chi connectivity index (χ1n) is 5.91. The van der Waals surface area contributed by atoms with Crippen molar-refractivity contribution >= 4 is 44.1 Å². The van der Waals surface area contributed by atoms with Crippen LogP contribution in [0, 0.1) is 13.8 Å². The lowest BCUT2D eigenvalue weighted by molar-refractivity contribution is -0.137. The third-order valence-corrected chi connectivity index (χ3v) is 4.06. The Morgan fingerprint density at radius 3 is 2.38 bits per heavy atom. The molecule has 0 spiro atoms. The second-order valence-corrected chi connectivity index (χ2v) is 5.79. The minimum absolute atomic E-state index is 0.0388. The van der Waals surface area contributed by atoms with Crippen molar-refractivity contribution in [3.63, 3.8) is 0 Å². The average Bonchev–Trinajstić information content (AvgIpc) is 2.66. The molecule has 3 rings (SSSR count). The molecule has 110 valence electrons. The van der Waals surface area contributed by atoms with Crippen molar-refractivity contribution in [1.82, 2.24) is 14.4 Å². The van der Waals surface area contributed by atoms with Crippen LogP contribution in [-0.4, -0.2) is 14.4 Å². The van der Waals surface area contributed by atoms with E-state index in [1.807, 2.05) is 0 Å². The molecular formula is C13H8BrClF3N3. The number of aryl methyl sites for hydroxylation is 2. The van der Waals surface area contributed by atoms with Crippen molar-refractivity contribution in [3.05, 3.63) is 38.8 Å². The molecule has 3 nitrogen and oxygen atoms in total. The van der Waals surface area contributed by atoms with Gasteiger partial charge in [-0.3, -0.25) is 4.40 Å². The van der Waals surface area contributed by atoms with E-state index in [9.17, 15) is 13.2 Å².